The number of para-hydroxylation sites is 2. The van der Waals surface area contributed by atoms with Crippen LogP contribution in [0.25, 0.3) is 11.0 Å². The highest BCUT2D eigenvalue weighted by atomic mass is 32.2. The number of nitrogens with zero attached hydrogens (tertiary/aromatic N) is 3. The first-order valence-corrected chi connectivity index (χ1v) is 13.0. The summed E-state index contributed by atoms with van der Waals surface area (Å²) in [6.07, 6.45) is 0.499. The number of aryl methyl sites for hydroxylation is 1. The quantitative estimate of drug-likeness (QED) is 0.540. The van der Waals surface area contributed by atoms with Gasteiger partial charge in [-0.15, -0.1) is 11.3 Å². The van der Waals surface area contributed by atoms with Gasteiger partial charge in [-0.2, -0.15) is 0 Å². The number of carbonyl (C=O) groups excluding carboxylic acids is 1. The third-order valence-corrected chi connectivity index (χ3v) is 8.57. The summed E-state index contributed by atoms with van der Waals surface area (Å²) in [6.45, 7) is 2.33. The molecule has 1 fully saturated rings. The Labute approximate surface area is 178 Å². The molecule has 4 rings (SSSR count). The number of thioether (sulfide) groups is 1. The van der Waals surface area contributed by atoms with Crippen LogP contribution in [-0.2, 0) is 21.2 Å². The largest absolute Gasteiger partial charge is 0.333 e. The minimum atomic E-state index is -3.07. The van der Waals surface area contributed by atoms with Gasteiger partial charge in [-0.3, -0.25) is 4.79 Å². The van der Waals surface area contributed by atoms with Crippen molar-refractivity contribution in [2.24, 2.45) is 0 Å². The molecule has 1 saturated heterocycles. The van der Waals surface area contributed by atoms with Crippen LogP contribution in [-0.4, -0.2) is 52.5 Å². The molecule has 0 bridgehead atoms. The molecule has 0 radical (unpaired) electrons. The van der Waals surface area contributed by atoms with Crippen molar-refractivity contribution in [3.05, 3.63) is 52.3 Å². The molecule has 0 N–H and O–H groups in total. The fraction of sp³-hybridized carbons (Fsp3) is 0.350. The van der Waals surface area contributed by atoms with E-state index in [-0.39, 0.29) is 29.2 Å². The molecule has 3 heterocycles. The molecule has 6 nitrogen and oxygen atoms in total. The van der Waals surface area contributed by atoms with E-state index in [4.69, 9.17) is 0 Å². The standard InChI is InChI=1S/C20H21N3O3S3/c1-14-20(22-18-7-3-2-6-17(18)21-14)28-12-19(24)23(11-16-5-4-9-27-16)15-8-10-29(25,26)13-15/h2-7,9,15H,8,10-13H2,1H3. The molecule has 29 heavy (non-hydrogen) atoms. The van der Waals surface area contributed by atoms with E-state index in [1.54, 1.807) is 16.2 Å². The van der Waals surface area contributed by atoms with Gasteiger partial charge >= 0.3 is 0 Å². The molecule has 0 spiro atoms. The van der Waals surface area contributed by atoms with E-state index in [2.05, 4.69) is 9.97 Å². The average molecular weight is 448 g/mol. The van der Waals surface area contributed by atoms with E-state index < -0.39 is 9.84 Å². The number of benzene rings is 1. The summed E-state index contributed by atoms with van der Waals surface area (Å²) in [7, 11) is -3.07. The SMILES string of the molecule is Cc1nc2ccccc2nc1SCC(=O)N(Cc1cccs1)C1CCS(=O)(=O)C1. The van der Waals surface area contributed by atoms with E-state index in [0.29, 0.717) is 13.0 Å². The smallest absolute Gasteiger partial charge is 0.233 e. The Kier molecular flexibility index (Phi) is 5.89. The lowest BCUT2D eigenvalue weighted by Crippen LogP contribution is -2.41. The van der Waals surface area contributed by atoms with Crippen LogP contribution >= 0.6 is 23.1 Å². The third kappa shape index (κ3) is 4.79. The molecule has 1 aliphatic rings. The van der Waals surface area contributed by atoms with E-state index in [1.807, 2.05) is 48.7 Å². The lowest BCUT2D eigenvalue weighted by molar-refractivity contribution is -0.130. The molecular weight excluding hydrogens is 426 g/mol. The van der Waals surface area contributed by atoms with E-state index in [0.717, 1.165) is 26.6 Å². The van der Waals surface area contributed by atoms with Crippen LogP contribution in [0.5, 0.6) is 0 Å². The van der Waals surface area contributed by atoms with Crippen molar-refractivity contribution in [2.45, 2.75) is 31.0 Å². The zero-order valence-corrected chi connectivity index (χ0v) is 18.4. The highest BCUT2D eigenvalue weighted by molar-refractivity contribution is 8.00. The van der Waals surface area contributed by atoms with Crippen molar-refractivity contribution in [1.29, 1.82) is 0 Å². The number of hydrogen-bond donors (Lipinski definition) is 0. The number of hydrogen-bond acceptors (Lipinski definition) is 7. The van der Waals surface area contributed by atoms with Crippen LogP contribution in [0, 0.1) is 6.92 Å². The van der Waals surface area contributed by atoms with E-state index in [9.17, 15) is 13.2 Å². The maximum Gasteiger partial charge on any atom is 0.233 e. The second-order valence-corrected chi connectivity index (χ2v) is 11.3. The lowest BCUT2D eigenvalue weighted by Gasteiger charge is -2.28. The first-order valence-electron chi connectivity index (χ1n) is 9.30. The van der Waals surface area contributed by atoms with Gasteiger partial charge in [0.1, 0.15) is 5.03 Å². The highest BCUT2D eigenvalue weighted by Crippen LogP contribution is 2.26. The molecule has 3 aromatic rings. The number of amides is 1. The second kappa shape index (κ2) is 8.41. The summed E-state index contributed by atoms with van der Waals surface area (Å²) in [5, 5.41) is 2.69. The van der Waals surface area contributed by atoms with Gasteiger partial charge in [0.2, 0.25) is 5.91 Å². The predicted octanol–water partition coefficient (Wildman–Crippen LogP) is 3.31. The molecule has 2 aromatic heterocycles. The van der Waals surface area contributed by atoms with E-state index in [1.165, 1.54) is 11.8 Å². The molecule has 1 aliphatic heterocycles. The van der Waals surface area contributed by atoms with Crippen molar-refractivity contribution >= 4 is 49.9 Å². The van der Waals surface area contributed by atoms with Gasteiger partial charge in [-0.1, -0.05) is 30.0 Å². The van der Waals surface area contributed by atoms with Crippen molar-refractivity contribution in [2.75, 3.05) is 17.3 Å². The van der Waals surface area contributed by atoms with Gasteiger partial charge in [0.15, 0.2) is 9.84 Å². The Morgan fingerprint density at radius 1 is 1.21 bits per heavy atom. The first-order chi connectivity index (χ1) is 13.9. The normalized spacial score (nSPS) is 18.2. The molecular formula is C20H21N3O3S3. The number of thiophene rings is 1. The third-order valence-electron chi connectivity index (χ3n) is 4.91. The van der Waals surface area contributed by atoms with Crippen LogP contribution in [0.15, 0.2) is 46.8 Å². The summed E-state index contributed by atoms with van der Waals surface area (Å²) < 4.78 is 23.9. The van der Waals surface area contributed by atoms with Crippen LogP contribution in [0.2, 0.25) is 0 Å². The molecule has 0 aliphatic carbocycles. The van der Waals surface area contributed by atoms with Crippen LogP contribution in [0.3, 0.4) is 0 Å². The number of fused-ring (bicyclic) bond motifs is 1. The number of aromatic nitrogens is 2. The Hall–Kier alpha value is -1.97. The molecule has 1 amide bonds. The minimum Gasteiger partial charge on any atom is -0.333 e. The van der Waals surface area contributed by atoms with Crippen molar-refractivity contribution in [3.63, 3.8) is 0 Å². The van der Waals surface area contributed by atoms with Crippen LogP contribution in [0.1, 0.15) is 17.0 Å². The maximum absolute atomic E-state index is 13.1. The van der Waals surface area contributed by atoms with Gasteiger partial charge in [0, 0.05) is 10.9 Å². The van der Waals surface area contributed by atoms with Gasteiger partial charge in [-0.25, -0.2) is 18.4 Å². The van der Waals surface area contributed by atoms with Gasteiger partial charge in [-0.05, 0) is 36.9 Å². The predicted molar refractivity (Wildman–Crippen MR) is 117 cm³/mol. The van der Waals surface area contributed by atoms with Crippen molar-refractivity contribution < 1.29 is 13.2 Å². The summed E-state index contributed by atoms with van der Waals surface area (Å²) in [6, 6.07) is 11.3. The molecule has 1 aromatic carbocycles. The van der Waals surface area contributed by atoms with Crippen molar-refractivity contribution in [1.82, 2.24) is 14.9 Å². The number of sulfone groups is 1. The molecule has 1 atom stereocenters. The van der Waals surface area contributed by atoms with Crippen molar-refractivity contribution in [3.8, 4) is 0 Å². The first kappa shape index (κ1) is 20.3. The van der Waals surface area contributed by atoms with Gasteiger partial charge in [0.05, 0.1) is 40.5 Å². The van der Waals surface area contributed by atoms with Gasteiger partial charge in [0.25, 0.3) is 0 Å². The fourth-order valence-electron chi connectivity index (χ4n) is 3.43. The molecule has 152 valence electrons. The summed E-state index contributed by atoms with van der Waals surface area (Å²) in [4.78, 5) is 25.1. The second-order valence-electron chi connectivity index (χ2n) is 7.05. The fourth-order valence-corrected chi connectivity index (χ4v) is 6.71. The monoisotopic (exact) mass is 447 g/mol. The zero-order valence-electron chi connectivity index (χ0n) is 15.9. The van der Waals surface area contributed by atoms with Crippen LogP contribution in [0.4, 0.5) is 0 Å². The summed E-state index contributed by atoms with van der Waals surface area (Å²) >= 11 is 2.93. The summed E-state index contributed by atoms with van der Waals surface area (Å²) in [5.74, 6) is 0.327. The Bertz CT molecular complexity index is 1130. The lowest BCUT2D eigenvalue weighted by atomic mass is 10.2. The molecule has 0 saturated carbocycles. The van der Waals surface area contributed by atoms with Crippen LogP contribution < -0.4 is 0 Å². The topological polar surface area (TPSA) is 80.2 Å². The summed E-state index contributed by atoms with van der Waals surface area (Å²) in [5.41, 5.74) is 2.41. The van der Waals surface area contributed by atoms with E-state index >= 15 is 0 Å². The minimum absolute atomic E-state index is 0.0452. The Morgan fingerprint density at radius 2 is 1.97 bits per heavy atom. The average Bonchev–Trinajstić information content (AvgIpc) is 3.33. The van der Waals surface area contributed by atoms with Gasteiger partial charge < -0.3 is 4.90 Å². The highest BCUT2D eigenvalue weighted by Gasteiger charge is 2.34. The zero-order chi connectivity index (χ0) is 20.4. The Balaban J connectivity index is 1.51. The number of rotatable bonds is 6. The molecule has 1 unspecified atom stereocenters. The number of carbonyl (C=O) groups is 1. The Morgan fingerprint density at radius 3 is 2.62 bits per heavy atom. The molecule has 9 heteroatoms. The maximum atomic E-state index is 13.1.